The minimum atomic E-state index is -4.71. The molecular weight excluding hydrogens is 696 g/mol. The predicted octanol–water partition coefficient (Wildman–Crippen LogP) is 14.6. The van der Waals surface area contributed by atoms with Crippen LogP contribution in [0.25, 0.3) is 54.9 Å². The molecule has 7 rings (SSSR count). The minimum absolute atomic E-state index is 0.421. The van der Waals surface area contributed by atoms with Gasteiger partial charge in [0.25, 0.3) is 0 Å². The lowest BCUT2D eigenvalue weighted by molar-refractivity contribution is 0.295. The van der Waals surface area contributed by atoms with Gasteiger partial charge in [-0.05, 0) is 117 Å². The fourth-order valence-corrected chi connectivity index (χ4v) is 9.95. The van der Waals surface area contributed by atoms with Gasteiger partial charge in [0.1, 0.15) is 11.5 Å². The number of phosphoric acid groups is 1. The van der Waals surface area contributed by atoms with Crippen LogP contribution in [0.2, 0.25) is 0 Å². The third-order valence-electron chi connectivity index (χ3n) is 11.1. The van der Waals surface area contributed by atoms with Crippen molar-refractivity contribution in [1.29, 1.82) is 0 Å². The summed E-state index contributed by atoms with van der Waals surface area (Å²) in [6.45, 7) is 13.4. The van der Waals surface area contributed by atoms with Gasteiger partial charge in [-0.15, -0.1) is 0 Å². The highest BCUT2D eigenvalue weighted by Crippen LogP contribution is 2.62. The van der Waals surface area contributed by atoms with Gasteiger partial charge in [0.15, 0.2) is 0 Å². The SMILES string of the molecule is CCCc1cc(CCC)c(-c2cc3ccccc3c3c2OP(=O)(O)Oc2c(-c4c(CCC)cc(CCC)cc4CCC)cc4ccccc4c2-3)c(CCC)c1. The third kappa shape index (κ3) is 7.61. The number of benzene rings is 6. The molecule has 0 aromatic heterocycles. The van der Waals surface area contributed by atoms with E-state index in [0.29, 0.717) is 11.5 Å². The van der Waals surface area contributed by atoms with Crippen LogP contribution in [0, 0.1) is 0 Å². The molecular formula is C50H57O4P. The first kappa shape index (κ1) is 38.9. The van der Waals surface area contributed by atoms with Crippen molar-refractivity contribution in [3.63, 3.8) is 0 Å². The lowest BCUT2D eigenvalue weighted by atomic mass is 9.81. The van der Waals surface area contributed by atoms with Crippen LogP contribution in [-0.4, -0.2) is 4.89 Å². The summed E-state index contributed by atoms with van der Waals surface area (Å²) in [6.07, 6.45) is 11.7. The Morgan fingerprint density at radius 3 is 1.11 bits per heavy atom. The molecule has 0 unspecified atom stereocenters. The van der Waals surface area contributed by atoms with E-state index in [0.717, 1.165) is 132 Å². The Balaban J connectivity index is 1.67. The molecule has 5 heteroatoms. The summed E-state index contributed by atoms with van der Waals surface area (Å²) in [5.74, 6) is 0.841. The maximum atomic E-state index is 14.7. The molecule has 0 saturated carbocycles. The molecule has 0 bridgehead atoms. The van der Waals surface area contributed by atoms with E-state index < -0.39 is 7.82 Å². The Morgan fingerprint density at radius 2 is 0.782 bits per heavy atom. The molecule has 0 amide bonds. The predicted molar refractivity (Wildman–Crippen MR) is 233 cm³/mol. The lowest BCUT2D eigenvalue weighted by Crippen LogP contribution is -2.04. The smallest absolute Gasteiger partial charge is 0.394 e. The van der Waals surface area contributed by atoms with E-state index in [1.165, 1.54) is 33.4 Å². The lowest BCUT2D eigenvalue weighted by Gasteiger charge is -2.23. The van der Waals surface area contributed by atoms with E-state index in [9.17, 15) is 9.46 Å². The quantitative estimate of drug-likeness (QED) is 0.113. The molecule has 0 radical (unpaired) electrons. The molecule has 6 aromatic rings. The number of phosphoric ester groups is 1. The highest BCUT2D eigenvalue weighted by Gasteiger charge is 2.38. The summed E-state index contributed by atoms with van der Waals surface area (Å²) >= 11 is 0. The van der Waals surface area contributed by atoms with Crippen molar-refractivity contribution in [3.8, 4) is 44.9 Å². The van der Waals surface area contributed by atoms with E-state index in [2.05, 4.69) is 114 Å². The van der Waals surface area contributed by atoms with Crippen LogP contribution < -0.4 is 9.05 Å². The summed E-state index contributed by atoms with van der Waals surface area (Å²) in [6, 6.07) is 30.6. The topological polar surface area (TPSA) is 55.8 Å². The van der Waals surface area contributed by atoms with Crippen molar-refractivity contribution in [2.75, 3.05) is 0 Å². The zero-order valence-corrected chi connectivity index (χ0v) is 34.6. The van der Waals surface area contributed by atoms with Gasteiger partial charge in [-0.3, -0.25) is 4.89 Å². The maximum Gasteiger partial charge on any atom is 0.584 e. The van der Waals surface area contributed by atoms with Crippen molar-refractivity contribution in [2.45, 2.75) is 119 Å². The highest BCUT2D eigenvalue weighted by atomic mass is 31.2. The van der Waals surface area contributed by atoms with Gasteiger partial charge in [-0.1, -0.05) is 153 Å². The Hall–Kier alpha value is -4.37. The normalized spacial score (nSPS) is 13.3. The molecule has 0 saturated heterocycles. The second-order valence-electron chi connectivity index (χ2n) is 15.4. The number of rotatable bonds is 14. The third-order valence-corrected chi connectivity index (χ3v) is 11.9. The number of fused-ring (bicyclic) bond motifs is 7. The number of hydrogen-bond acceptors (Lipinski definition) is 3. The zero-order chi connectivity index (χ0) is 38.7. The van der Waals surface area contributed by atoms with Crippen LogP contribution in [0.5, 0.6) is 11.5 Å². The molecule has 0 atom stereocenters. The molecule has 1 heterocycles. The van der Waals surface area contributed by atoms with Gasteiger partial charge >= 0.3 is 7.82 Å². The summed E-state index contributed by atoms with van der Waals surface area (Å²) in [4.78, 5) is 12.0. The van der Waals surface area contributed by atoms with Crippen LogP contribution in [0.4, 0.5) is 0 Å². The van der Waals surface area contributed by atoms with Gasteiger partial charge in [0, 0.05) is 22.3 Å². The average Bonchev–Trinajstić information content (AvgIpc) is 3.29. The molecule has 6 aromatic carbocycles. The van der Waals surface area contributed by atoms with Crippen molar-refractivity contribution < 1.29 is 18.5 Å². The summed E-state index contributed by atoms with van der Waals surface area (Å²) in [5.41, 5.74) is 13.3. The van der Waals surface area contributed by atoms with E-state index >= 15 is 0 Å². The first-order chi connectivity index (χ1) is 26.7. The van der Waals surface area contributed by atoms with Gasteiger partial charge < -0.3 is 9.05 Å². The van der Waals surface area contributed by atoms with E-state index in [-0.39, 0.29) is 0 Å². The summed E-state index contributed by atoms with van der Waals surface area (Å²) in [7, 11) is -4.71. The number of aryl methyl sites for hydroxylation is 6. The van der Waals surface area contributed by atoms with Crippen LogP contribution in [0.15, 0.2) is 84.9 Å². The summed E-state index contributed by atoms with van der Waals surface area (Å²) < 4.78 is 27.7. The fraction of sp³-hybridized carbons (Fsp3) is 0.360. The van der Waals surface area contributed by atoms with Crippen LogP contribution in [-0.2, 0) is 43.1 Å². The van der Waals surface area contributed by atoms with Gasteiger partial charge in [-0.2, -0.15) is 0 Å². The Labute approximate surface area is 328 Å². The van der Waals surface area contributed by atoms with Gasteiger partial charge in [-0.25, -0.2) is 4.57 Å². The monoisotopic (exact) mass is 752 g/mol. The van der Waals surface area contributed by atoms with Crippen molar-refractivity contribution >= 4 is 29.4 Å². The minimum Gasteiger partial charge on any atom is -0.394 e. The molecule has 0 aliphatic carbocycles. The van der Waals surface area contributed by atoms with Crippen molar-refractivity contribution in [2.24, 2.45) is 0 Å². The first-order valence-electron chi connectivity index (χ1n) is 20.9. The molecule has 0 spiro atoms. The fourth-order valence-electron chi connectivity index (χ4n) is 9.07. The van der Waals surface area contributed by atoms with E-state index in [1.807, 2.05) is 12.1 Å². The first-order valence-corrected chi connectivity index (χ1v) is 22.4. The molecule has 55 heavy (non-hydrogen) atoms. The Morgan fingerprint density at radius 1 is 0.455 bits per heavy atom. The van der Waals surface area contributed by atoms with Crippen molar-refractivity contribution in [3.05, 3.63) is 118 Å². The average molecular weight is 753 g/mol. The molecule has 1 N–H and O–H groups in total. The van der Waals surface area contributed by atoms with Crippen molar-refractivity contribution in [1.82, 2.24) is 0 Å². The number of hydrogen-bond donors (Lipinski definition) is 1. The van der Waals surface area contributed by atoms with Gasteiger partial charge in [0.05, 0.1) is 0 Å². The van der Waals surface area contributed by atoms with E-state index in [4.69, 9.17) is 9.05 Å². The standard InChI is InChI=1S/C50H57O4P/c1-7-17-33-27-37(19-9-3)45(38(28-33)20-10-4)43-31-35-23-13-15-25-41(35)47-48-42-26-16-14-24-36(42)32-44(50(48)54-55(51,52)53-49(43)47)46-39(21-11-5)29-34(18-8-2)30-40(46)22-12-6/h13-16,23-32H,7-12,17-22H2,1-6H3,(H,51,52). The maximum absolute atomic E-state index is 14.7. The van der Waals surface area contributed by atoms with Crippen LogP contribution >= 0.6 is 7.82 Å². The Bertz CT molecular complexity index is 2190. The molecule has 1 aliphatic rings. The second kappa shape index (κ2) is 16.8. The molecule has 1 aliphatic heterocycles. The zero-order valence-electron chi connectivity index (χ0n) is 33.7. The largest absolute Gasteiger partial charge is 0.584 e. The van der Waals surface area contributed by atoms with Gasteiger partial charge in [0.2, 0.25) is 0 Å². The Kier molecular flexibility index (Phi) is 11.9. The van der Waals surface area contributed by atoms with E-state index in [1.54, 1.807) is 0 Å². The highest BCUT2D eigenvalue weighted by molar-refractivity contribution is 7.48. The van der Waals surface area contributed by atoms with Crippen LogP contribution in [0.3, 0.4) is 0 Å². The van der Waals surface area contributed by atoms with Crippen LogP contribution in [0.1, 0.15) is 113 Å². The molecule has 0 fully saturated rings. The second-order valence-corrected chi connectivity index (χ2v) is 16.7. The molecule has 4 nitrogen and oxygen atoms in total. The molecule has 286 valence electrons. The summed E-state index contributed by atoms with van der Waals surface area (Å²) in [5, 5.41) is 4.04.